The van der Waals surface area contributed by atoms with Crippen molar-refractivity contribution in [2.24, 2.45) is 0 Å². The van der Waals surface area contributed by atoms with E-state index in [1.807, 2.05) is 19.1 Å². The molecule has 5 nitrogen and oxygen atoms in total. The van der Waals surface area contributed by atoms with E-state index in [0.29, 0.717) is 0 Å². The second-order valence-corrected chi connectivity index (χ2v) is 7.25. The van der Waals surface area contributed by atoms with Crippen molar-refractivity contribution < 1.29 is 26.4 Å². The van der Waals surface area contributed by atoms with Crippen molar-refractivity contribution in [3.05, 3.63) is 59.3 Å². The molecule has 0 aliphatic rings. The van der Waals surface area contributed by atoms with Crippen LogP contribution < -0.4 is 0 Å². The number of carbonyl (C=O) groups is 1. The molecule has 9 heteroatoms. The molecular formula is C16H15F3N2O3S. The van der Waals surface area contributed by atoms with E-state index in [1.54, 1.807) is 12.1 Å². The van der Waals surface area contributed by atoms with E-state index in [9.17, 15) is 26.4 Å². The number of rotatable bonds is 4. The molecule has 0 saturated heterocycles. The van der Waals surface area contributed by atoms with Gasteiger partial charge in [0.15, 0.2) is 5.03 Å². The Morgan fingerprint density at radius 2 is 1.80 bits per heavy atom. The third-order valence-corrected chi connectivity index (χ3v) is 5.02. The quantitative estimate of drug-likeness (QED) is 0.828. The first-order valence-electron chi connectivity index (χ1n) is 7.12. The van der Waals surface area contributed by atoms with Crippen molar-refractivity contribution in [1.82, 2.24) is 9.88 Å². The minimum Gasteiger partial charge on any atom is -0.337 e. The van der Waals surface area contributed by atoms with Gasteiger partial charge in [0.1, 0.15) is 0 Å². The molecule has 0 radical (unpaired) electrons. The van der Waals surface area contributed by atoms with Gasteiger partial charge in [-0.05, 0) is 30.2 Å². The van der Waals surface area contributed by atoms with E-state index >= 15 is 0 Å². The predicted molar refractivity (Wildman–Crippen MR) is 84.5 cm³/mol. The number of alkyl halides is 3. The van der Waals surface area contributed by atoms with Gasteiger partial charge in [-0.3, -0.25) is 4.79 Å². The number of pyridine rings is 1. The molecule has 0 fully saturated rings. The van der Waals surface area contributed by atoms with Gasteiger partial charge >= 0.3 is 5.51 Å². The van der Waals surface area contributed by atoms with Crippen LogP contribution >= 0.6 is 0 Å². The van der Waals surface area contributed by atoms with E-state index in [4.69, 9.17) is 0 Å². The number of aromatic nitrogens is 1. The Hall–Kier alpha value is -2.42. The number of sulfone groups is 1. The van der Waals surface area contributed by atoms with Crippen LogP contribution in [0.15, 0.2) is 47.6 Å². The molecule has 1 heterocycles. The number of benzene rings is 1. The van der Waals surface area contributed by atoms with Gasteiger partial charge in [-0.25, -0.2) is 13.4 Å². The van der Waals surface area contributed by atoms with E-state index < -0.39 is 31.8 Å². The summed E-state index contributed by atoms with van der Waals surface area (Å²) in [5.41, 5.74) is -4.46. The fourth-order valence-electron chi connectivity index (χ4n) is 2.20. The summed E-state index contributed by atoms with van der Waals surface area (Å²) >= 11 is 0. The highest BCUT2D eigenvalue weighted by Crippen LogP contribution is 2.31. The second kappa shape index (κ2) is 6.83. The van der Waals surface area contributed by atoms with Gasteiger partial charge in [0.05, 0.1) is 5.56 Å². The molecule has 2 rings (SSSR count). The molecule has 2 aromatic rings. The molecule has 1 aromatic heterocycles. The molecule has 1 amide bonds. The van der Waals surface area contributed by atoms with Gasteiger partial charge in [-0.2, -0.15) is 13.2 Å². The van der Waals surface area contributed by atoms with Crippen molar-refractivity contribution in [2.75, 3.05) is 7.05 Å². The van der Waals surface area contributed by atoms with E-state index in [-0.39, 0.29) is 6.54 Å². The Kier molecular flexibility index (Phi) is 5.17. The molecule has 134 valence electrons. The first-order chi connectivity index (χ1) is 11.6. The minimum absolute atomic E-state index is 0.117. The van der Waals surface area contributed by atoms with Crippen LogP contribution in [0.5, 0.6) is 0 Å². The molecule has 0 spiro atoms. The molecular weight excluding hydrogens is 357 g/mol. The largest absolute Gasteiger partial charge is 0.503 e. The van der Waals surface area contributed by atoms with Crippen LogP contribution in [-0.4, -0.2) is 36.8 Å². The van der Waals surface area contributed by atoms with Crippen molar-refractivity contribution >= 4 is 15.7 Å². The summed E-state index contributed by atoms with van der Waals surface area (Å²) in [6.07, 6.45) is 0.900. The normalized spacial score (nSPS) is 12.0. The number of hydrogen-bond acceptors (Lipinski definition) is 4. The third kappa shape index (κ3) is 3.81. The molecule has 0 saturated carbocycles. The lowest BCUT2D eigenvalue weighted by Gasteiger charge is -2.20. The lowest BCUT2D eigenvalue weighted by Crippen LogP contribution is -2.31. The number of hydrogen-bond donors (Lipinski definition) is 0. The third-order valence-electron chi connectivity index (χ3n) is 3.58. The Balaban J connectivity index is 2.39. The maximum atomic E-state index is 12.8. The summed E-state index contributed by atoms with van der Waals surface area (Å²) in [6.45, 7) is 1.95. The van der Waals surface area contributed by atoms with Crippen molar-refractivity contribution in [3.8, 4) is 0 Å². The molecule has 1 aromatic carbocycles. The highest BCUT2D eigenvalue weighted by Gasteiger charge is 2.49. The van der Waals surface area contributed by atoms with E-state index in [0.717, 1.165) is 28.3 Å². The molecule has 0 aliphatic carbocycles. The van der Waals surface area contributed by atoms with Crippen LogP contribution in [0.1, 0.15) is 21.5 Å². The SMILES string of the molecule is Cc1ccccc1CN(C)C(=O)c1cccnc1S(=O)(=O)C(F)(F)F. The Morgan fingerprint density at radius 3 is 2.40 bits per heavy atom. The molecule has 0 bridgehead atoms. The van der Waals surface area contributed by atoms with Gasteiger partial charge in [-0.1, -0.05) is 24.3 Å². The Morgan fingerprint density at radius 1 is 1.16 bits per heavy atom. The molecule has 0 N–H and O–H groups in total. The van der Waals surface area contributed by atoms with Gasteiger partial charge in [-0.15, -0.1) is 0 Å². The molecule has 0 aliphatic heterocycles. The Bertz CT molecular complexity index is 895. The summed E-state index contributed by atoms with van der Waals surface area (Å²) in [6, 6.07) is 9.42. The van der Waals surface area contributed by atoms with E-state index in [2.05, 4.69) is 4.98 Å². The van der Waals surface area contributed by atoms with Crippen molar-refractivity contribution in [1.29, 1.82) is 0 Å². The molecule has 0 unspecified atom stereocenters. The monoisotopic (exact) mass is 372 g/mol. The van der Waals surface area contributed by atoms with Crippen LogP contribution in [0.4, 0.5) is 13.2 Å². The first kappa shape index (κ1) is 18.9. The van der Waals surface area contributed by atoms with Crippen LogP contribution in [0.25, 0.3) is 0 Å². The number of carbonyl (C=O) groups excluding carboxylic acids is 1. The smallest absolute Gasteiger partial charge is 0.337 e. The standard InChI is InChI=1S/C16H15F3N2O3S/c1-11-6-3-4-7-12(11)10-21(2)15(22)13-8-5-9-20-14(13)25(23,24)16(17,18)19/h3-9H,10H2,1-2H3. The maximum absolute atomic E-state index is 12.8. The zero-order valence-electron chi connectivity index (χ0n) is 13.4. The minimum atomic E-state index is -5.73. The van der Waals surface area contributed by atoms with Gasteiger partial charge in [0.2, 0.25) is 0 Å². The number of nitrogens with zero attached hydrogens (tertiary/aromatic N) is 2. The van der Waals surface area contributed by atoms with Gasteiger partial charge in [0, 0.05) is 19.8 Å². The zero-order chi connectivity index (χ0) is 18.8. The summed E-state index contributed by atoms with van der Waals surface area (Å²) in [5.74, 6) is -0.862. The van der Waals surface area contributed by atoms with Crippen LogP contribution in [0, 0.1) is 6.92 Å². The lowest BCUT2D eigenvalue weighted by molar-refractivity contribution is -0.0438. The highest BCUT2D eigenvalue weighted by atomic mass is 32.2. The predicted octanol–water partition coefficient (Wildman–Crippen LogP) is 2.96. The number of amides is 1. The molecule has 0 atom stereocenters. The van der Waals surface area contributed by atoms with Gasteiger partial charge in [0.25, 0.3) is 15.7 Å². The topological polar surface area (TPSA) is 67.3 Å². The second-order valence-electron chi connectivity index (χ2n) is 5.39. The van der Waals surface area contributed by atoms with Crippen molar-refractivity contribution in [3.63, 3.8) is 0 Å². The van der Waals surface area contributed by atoms with Crippen LogP contribution in [-0.2, 0) is 16.4 Å². The Labute approximate surface area is 143 Å². The highest BCUT2D eigenvalue weighted by molar-refractivity contribution is 7.92. The first-order valence-corrected chi connectivity index (χ1v) is 8.60. The van der Waals surface area contributed by atoms with Crippen LogP contribution in [0.2, 0.25) is 0 Å². The number of halogens is 3. The van der Waals surface area contributed by atoms with Crippen LogP contribution in [0.3, 0.4) is 0 Å². The fourth-order valence-corrected chi connectivity index (χ4v) is 3.06. The lowest BCUT2D eigenvalue weighted by atomic mass is 10.1. The van der Waals surface area contributed by atoms with Crippen molar-refractivity contribution in [2.45, 2.75) is 24.0 Å². The average Bonchev–Trinajstić information content (AvgIpc) is 2.55. The van der Waals surface area contributed by atoms with E-state index in [1.165, 1.54) is 13.1 Å². The summed E-state index contributed by atoms with van der Waals surface area (Å²) in [4.78, 5) is 16.9. The fraction of sp³-hybridized carbons (Fsp3) is 0.250. The summed E-state index contributed by atoms with van der Waals surface area (Å²) < 4.78 is 61.7. The molecule has 25 heavy (non-hydrogen) atoms. The summed E-state index contributed by atoms with van der Waals surface area (Å²) in [7, 11) is -4.34. The summed E-state index contributed by atoms with van der Waals surface area (Å²) in [5, 5.41) is -1.29. The average molecular weight is 372 g/mol. The van der Waals surface area contributed by atoms with Gasteiger partial charge < -0.3 is 4.90 Å². The number of aryl methyl sites for hydroxylation is 1. The zero-order valence-corrected chi connectivity index (χ0v) is 14.2. The maximum Gasteiger partial charge on any atom is 0.503 e.